The van der Waals surface area contributed by atoms with Gasteiger partial charge in [-0.05, 0) is 27.2 Å². The second-order valence-corrected chi connectivity index (χ2v) is 4.83. The molecule has 0 aliphatic rings. The lowest BCUT2D eigenvalue weighted by molar-refractivity contribution is 0.721. The zero-order valence-electron chi connectivity index (χ0n) is 11.5. The number of nitrogens with one attached hydrogen (secondary N) is 2. The fourth-order valence-electron chi connectivity index (χ4n) is 1.46. The Labute approximate surface area is 109 Å². The van der Waals surface area contributed by atoms with E-state index in [1.165, 1.54) is 0 Å². The third-order valence-electron chi connectivity index (χ3n) is 2.39. The van der Waals surface area contributed by atoms with Gasteiger partial charge in [0.25, 0.3) is 0 Å². The fourth-order valence-corrected chi connectivity index (χ4v) is 1.46. The SMILES string of the molecule is CCCCNc1cc(NC(C)(C)C#N)nc(C)n1. The molecule has 0 radical (unpaired) electrons. The largest absolute Gasteiger partial charge is 0.370 e. The van der Waals surface area contributed by atoms with E-state index in [-0.39, 0.29) is 0 Å². The third kappa shape index (κ3) is 4.58. The molecule has 5 heteroatoms. The van der Waals surface area contributed by atoms with E-state index in [0.717, 1.165) is 25.2 Å². The topological polar surface area (TPSA) is 73.6 Å². The maximum Gasteiger partial charge on any atom is 0.133 e. The third-order valence-corrected chi connectivity index (χ3v) is 2.39. The molecular weight excluding hydrogens is 226 g/mol. The number of hydrogen-bond donors (Lipinski definition) is 2. The minimum atomic E-state index is -0.637. The highest BCUT2D eigenvalue weighted by Gasteiger charge is 2.17. The predicted octanol–water partition coefficient (Wildman–Crippen LogP) is 2.71. The molecule has 0 aliphatic carbocycles. The molecule has 1 aromatic heterocycles. The van der Waals surface area contributed by atoms with Crippen LogP contribution in [0.25, 0.3) is 0 Å². The van der Waals surface area contributed by atoms with Crippen LogP contribution in [-0.2, 0) is 0 Å². The van der Waals surface area contributed by atoms with Crippen LogP contribution in [-0.4, -0.2) is 22.1 Å². The van der Waals surface area contributed by atoms with Gasteiger partial charge in [-0.2, -0.15) is 5.26 Å². The lowest BCUT2D eigenvalue weighted by Gasteiger charge is -2.19. The zero-order chi connectivity index (χ0) is 13.6. The van der Waals surface area contributed by atoms with Crippen LogP contribution in [0.2, 0.25) is 0 Å². The molecule has 18 heavy (non-hydrogen) atoms. The number of anilines is 2. The second kappa shape index (κ2) is 6.20. The van der Waals surface area contributed by atoms with Gasteiger partial charge < -0.3 is 10.6 Å². The summed E-state index contributed by atoms with van der Waals surface area (Å²) in [4.78, 5) is 8.60. The Kier molecular flexibility index (Phi) is 4.90. The molecule has 0 bridgehead atoms. The Hall–Kier alpha value is -1.83. The molecule has 0 unspecified atom stereocenters. The number of aryl methyl sites for hydroxylation is 1. The van der Waals surface area contributed by atoms with Crippen LogP contribution in [0.1, 0.15) is 39.4 Å². The smallest absolute Gasteiger partial charge is 0.133 e. The maximum absolute atomic E-state index is 9.00. The summed E-state index contributed by atoms with van der Waals surface area (Å²) in [6.45, 7) is 8.52. The zero-order valence-corrected chi connectivity index (χ0v) is 11.5. The van der Waals surface area contributed by atoms with Crippen molar-refractivity contribution >= 4 is 11.6 Å². The van der Waals surface area contributed by atoms with Gasteiger partial charge in [-0.1, -0.05) is 13.3 Å². The van der Waals surface area contributed by atoms with Gasteiger partial charge >= 0.3 is 0 Å². The van der Waals surface area contributed by atoms with Crippen molar-refractivity contribution < 1.29 is 0 Å². The molecule has 0 saturated carbocycles. The maximum atomic E-state index is 9.00. The first-order valence-electron chi connectivity index (χ1n) is 6.26. The first-order chi connectivity index (χ1) is 8.46. The van der Waals surface area contributed by atoms with Crippen molar-refractivity contribution in [2.75, 3.05) is 17.2 Å². The molecule has 0 atom stereocenters. The number of nitriles is 1. The monoisotopic (exact) mass is 247 g/mol. The number of aromatic nitrogens is 2. The van der Waals surface area contributed by atoms with Gasteiger partial charge in [-0.25, -0.2) is 9.97 Å². The molecule has 1 heterocycles. The second-order valence-electron chi connectivity index (χ2n) is 4.83. The molecule has 98 valence electrons. The summed E-state index contributed by atoms with van der Waals surface area (Å²) in [5.41, 5.74) is -0.637. The Bertz CT molecular complexity index is 433. The van der Waals surface area contributed by atoms with E-state index >= 15 is 0 Å². The van der Waals surface area contributed by atoms with E-state index < -0.39 is 5.54 Å². The van der Waals surface area contributed by atoms with Crippen LogP contribution in [0, 0.1) is 18.3 Å². The molecule has 1 aromatic rings. The summed E-state index contributed by atoms with van der Waals surface area (Å²) in [6, 6.07) is 4.02. The van der Waals surface area contributed by atoms with Crippen molar-refractivity contribution in [1.29, 1.82) is 5.26 Å². The van der Waals surface area contributed by atoms with E-state index in [0.29, 0.717) is 11.6 Å². The Morgan fingerprint density at radius 1 is 1.33 bits per heavy atom. The Balaban J connectivity index is 2.78. The molecule has 0 fully saturated rings. The van der Waals surface area contributed by atoms with Gasteiger partial charge in [0.15, 0.2) is 0 Å². The van der Waals surface area contributed by atoms with Crippen LogP contribution in [0.5, 0.6) is 0 Å². The van der Waals surface area contributed by atoms with Crippen molar-refractivity contribution in [3.05, 3.63) is 11.9 Å². The average molecular weight is 247 g/mol. The van der Waals surface area contributed by atoms with Crippen LogP contribution >= 0.6 is 0 Å². The van der Waals surface area contributed by atoms with E-state index in [4.69, 9.17) is 5.26 Å². The van der Waals surface area contributed by atoms with Gasteiger partial charge in [0.1, 0.15) is 23.0 Å². The molecule has 1 rings (SSSR count). The van der Waals surface area contributed by atoms with Crippen molar-refractivity contribution in [2.45, 2.75) is 46.1 Å². The van der Waals surface area contributed by atoms with Gasteiger partial charge in [-0.3, -0.25) is 0 Å². The Morgan fingerprint density at radius 2 is 2.00 bits per heavy atom. The van der Waals surface area contributed by atoms with Gasteiger partial charge in [-0.15, -0.1) is 0 Å². The van der Waals surface area contributed by atoms with Gasteiger partial charge in [0, 0.05) is 12.6 Å². The molecular formula is C13H21N5. The van der Waals surface area contributed by atoms with Crippen molar-refractivity contribution in [2.24, 2.45) is 0 Å². The Morgan fingerprint density at radius 3 is 2.61 bits per heavy atom. The molecule has 5 nitrogen and oxygen atoms in total. The van der Waals surface area contributed by atoms with Crippen molar-refractivity contribution in [3.63, 3.8) is 0 Å². The summed E-state index contributed by atoms with van der Waals surface area (Å²) in [6.07, 6.45) is 2.25. The van der Waals surface area contributed by atoms with Crippen LogP contribution in [0.4, 0.5) is 11.6 Å². The van der Waals surface area contributed by atoms with E-state index in [9.17, 15) is 0 Å². The van der Waals surface area contributed by atoms with Crippen molar-refractivity contribution in [1.82, 2.24) is 9.97 Å². The summed E-state index contributed by atoms with van der Waals surface area (Å²) in [7, 11) is 0. The molecule has 0 aliphatic heterocycles. The number of hydrogen-bond acceptors (Lipinski definition) is 5. The standard InChI is InChI=1S/C13H21N5/c1-5-6-7-15-11-8-12(17-10(2)16-11)18-13(3,4)9-14/h8H,5-7H2,1-4H3,(H2,15,16,17,18). The van der Waals surface area contributed by atoms with Crippen LogP contribution < -0.4 is 10.6 Å². The normalized spacial score (nSPS) is 10.8. The van der Waals surface area contributed by atoms with E-state index in [1.54, 1.807) is 0 Å². The number of nitrogens with zero attached hydrogens (tertiary/aromatic N) is 3. The lowest BCUT2D eigenvalue weighted by Crippen LogP contribution is -2.29. The lowest BCUT2D eigenvalue weighted by atomic mass is 10.1. The molecule has 0 saturated heterocycles. The quantitative estimate of drug-likeness (QED) is 0.756. The molecule has 0 aromatic carbocycles. The molecule has 2 N–H and O–H groups in total. The van der Waals surface area contributed by atoms with Crippen molar-refractivity contribution in [3.8, 4) is 6.07 Å². The average Bonchev–Trinajstić information content (AvgIpc) is 2.28. The first-order valence-corrected chi connectivity index (χ1v) is 6.26. The predicted molar refractivity (Wildman–Crippen MR) is 73.5 cm³/mol. The molecule has 0 spiro atoms. The summed E-state index contributed by atoms with van der Waals surface area (Å²) >= 11 is 0. The minimum Gasteiger partial charge on any atom is -0.370 e. The summed E-state index contributed by atoms with van der Waals surface area (Å²) < 4.78 is 0. The number of unbranched alkanes of at least 4 members (excludes halogenated alkanes) is 1. The summed E-state index contributed by atoms with van der Waals surface area (Å²) in [5.74, 6) is 2.16. The van der Waals surface area contributed by atoms with Gasteiger partial charge in [0.2, 0.25) is 0 Å². The molecule has 0 amide bonds. The van der Waals surface area contributed by atoms with Crippen LogP contribution in [0.3, 0.4) is 0 Å². The highest BCUT2D eigenvalue weighted by atomic mass is 15.1. The highest BCUT2D eigenvalue weighted by Crippen LogP contribution is 2.15. The first kappa shape index (κ1) is 14.2. The number of rotatable bonds is 6. The highest BCUT2D eigenvalue weighted by molar-refractivity contribution is 5.49. The van der Waals surface area contributed by atoms with Crippen LogP contribution in [0.15, 0.2) is 6.07 Å². The summed E-state index contributed by atoms with van der Waals surface area (Å²) in [5, 5.41) is 15.3. The van der Waals surface area contributed by atoms with E-state index in [2.05, 4.69) is 33.6 Å². The van der Waals surface area contributed by atoms with Gasteiger partial charge in [0.05, 0.1) is 6.07 Å². The van der Waals surface area contributed by atoms with E-state index in [1.807, 2.05) is 26.8 Å². The minimum absolute atomic E-state index is 0.637. The fraction of sp³-hybridized carbons (Fsp3) is 0.615.